The SMILES string of the molecule is Cc1ccc(S(=O)(=O)N2CCCCCC2)cc1C(=O)NCc1ccc(N2CCOCC2)cc1. The lowest BCUT2D eigenvalue weighted by Gasteiger charge is -2.28. The Labute approximate surface area is 196 Å². The molecule has 2 aromatic carbocycles. The molecule has 0 unspecified atom stereocenters. The summed E-state index contributed by atoms with van der Waals surface area (Å²) in [4.78, 5) is 15.4. The molecule has 0 bridgehead atoms. The van der Waals surface area contributed by atoms with Crippen molar-refractivity contribution in [1.82, 2.24) is 9.62 Å². The van der Waals surface area contributed by atoms with Crippen LogP contribution in [0.25, 0.3) is 0 Å². The van der Waals surface area contributed by atoms with Crippen LogP contribution in [0.1, 0.15) is 47.2 Å². The van der Waals surface area contributed by atoms with E-state index >= 15 is 0 Å². The van der Waals surface area contributed by atoms with E-state index in [0.717, 1.165) is 68.8 Å². The van der Waals surface area contributed by atoms with Gasteiger partial charge in [0.15, 0.2) is 0 Å². The van der Waals surface area contributed by atoms with Gasteiger partial charge in [0.1, 0.15) is 0 Å². The minimum Gasteiger partial charge on any atom is -0.378 e. The van der Waals surface area contributed by atoms with E-state index < -0.39 is 10.0 Å². The maximum absolute atomic E-state index is 13.2. The molecular formula is C25H33N3O4S. The number of aryl methyl sites for hydroxylation is 1. The number of nitrogens with one attached hydrogen (secondary N) is 1. The van der Waals surface area contributed by atoms with E-state index in [9.17, 15) is 13.2 Å². The van der Waals surface area contributed by atoms with E-state index in [1.165, 1.54) is 6.07 Å². The molecular weight excluding hydrogens is 438 g/mol. The lowest BCUT2D eigenvalue weighted by Crippen LogP contribution is -2.36. The highest BCUT2D eigenvalue weighted by Crippen LogP contribution is 2.23. The molecule has 7 nitrogen and oxygen atoms in total. The van der Waals surface area contributed by atoms with Crippen molar-refractivity contribution in [3.05, 3.63) is 59.2 Å². The van der Waals surface area contributed by atoms with E-state index in [4.69, 9.17) is 4.74 Å². The quantitative estimate of drug-likeness (QED) is 0.699. The van der Waals surface area contributed by atoms with Crippen molar-refractivity contribution >= 4 is 21.6 Å². The average Bonchev–Trinajstić information content (AvgIpc) is 3.14. The second-order valence-electron chi connectivity index (χ2n) is 8.74. The Kier molecular flexibility index (Phi) is 7.67. The first-order valence-electron chi connectivity index (χ1n) is 11.8. The number of hydrogen-bond acceptors (Lipinski definition) is 5. The third-order valence-electron chi connectivity index (χ3n) is 6.42. The first-order valence-corrected chi connectivity index (χ1v) is 13.2. The highest BCUT2D eigenvalue weighted by atomic mass is 32.2. The molecule has 4 rings (SSSR count). The molecule has 8 heteroatoms. The monoisotopic (exact) mass is 471 g/mol. The molecule has 178 valence electrons. The van der Waals surface area contributed by atoms with Crippen LogP contribution in [0.2, 0.25) is 0 Å². The summed E-state index contributed by atoms with van der Waals surface area (Å²) in [6, 6.07) is 13.0. The molecule has 0 spiro atoms. The van der Waals surface area contributed by atoms with Crippen LogP contribution in [0.5, 0.6) is 0 Å². The Morgan fingerprint density at radius 2 is 1.61 bits per heavy atom. The molecule has 0 radical (unpaired) electrons. The van der Waals surface area contributed by atoms with Crippen LogP contribution in [0.4, 0.5) is 5.69 Å². The van der Waals surface area contributed by atoms with Crippen molar-refractivity contribution in [2.75, 3.05) is 44.3 Å². The van der Waals surface area contributed by atoms with Crippen LogP contribution >= 0.6 is 0 Å². The number of rotatable bonds is 6. The van der Waals surface area contributed by atoms with Gasteiger partial charge in [-0.15, -0.1) is 0 Å². The zero-order valence-electron chi connectivity index (χ0n) is 19.3. The zero-order valence-corrected chi connectivity index (χ0v) is 20.1. The summed E-state index contributed by atoms with van der Waals surface area (Å²) in [5, 5.41) is 2.94. The van der Waals surface area contributed by atoms with E-state index in [-0.39, 0.29) is 10.8 Å². The first kappa shape index (κ1) is 23.7. The maximum Gasteiger partial charge on any atom is 0.251 e. The molecule has 2 saturated heterocycles. The molecule has 0 saturated carbocycles. The molecule has 33 heavy (non-hydrogen) atoms. The number of carbonyl (C=O) groups is 1. The number of morpholine rings is 1. The number of hydrogen-bond donors (Lipinski definition) is 1. The molecule has 2 heterocycles. The number of ether oxygens (including phenoxy) is 1. The predicted molar refractivity (Wildman–Crippen MR) is 129 cm³/mol. The number of amides is 1. The second-order valence-corrected chi connectivity index (χ2v) is 10.7. The molecule has 2 aromatic rings. The summed E-state index contributed by atoms with van der Waals surface area (Å²) in [6.07, 6.45) is 3.87. The third-order valence-corrected chi connectivity index (χ3v) is 8.32. The van der Waals surface area contributed by atoms with Crippen LogP contribution in [0, 0.1) is 6.92 Å². The zero-order chi connectivity index (χ0) is 23.3. The van der Waals surface area contributed by atoms with Gasteiger partial charge in [-0.05, 0) is 55.2 Å². The minimum absolute atomic E-state index is 0.190. The lowest BCUT2D eigenvalue weighted by atomic mass is 10.1. The summed E-state index contributed by atoms with van der Waals surface area (Å²) < 4.78 is 33.3. The fourth-order valence-electron chi connectivity index (χ4n) is 4.36. The van der Waals surface area contributed by atoms with Gasteiger partial charge >= 0.3 is 0 Å². The summed E-state index contributed by atoms with van der Waals surface area (Å²) in [5.74, 6) is -0.266. The normalized spacial score (nSPS) is 18.0. The highest BCUT2D eigenvalue weighted by Gasteiger charge is 2.26. The Bertz CT molecular complexity index is 1060. The molecule has 2 aliphatic rings. The van der Waals surface area contributed by atoms with Gasteiger partial charge in [0, 0.05) is 44.0 Å². The standard InChI is InChI=1S/C25H33N3O4S/c1-20-6-11-23(33(30,31)28-12-4-2-3-5-13-28)18-24(20)25(29)26-19-21-7-9-22(10-8-21)27-14-16-32-17-15-27/h6-11,18H,2-5,12-17,19H2,1H3,(H,26,29). The van der Waals surface area contributed by atoms with Gasteiger partial charge in [0.25, 0.3) is 5.91 Å². The predicted octanol–water partition coefficient (Wildman–Crippen LogP) is 3.33. The van der Waals surface area contributed by atoms with Crippen LogP contribution in [0.15, 0.2) is 47.4 Å². The number of carbonyl (C=O) groups excluding carboxylic acids is 1. The molecule has 2 fully saturated rings. The van der Waals surface area contributed by atoms with Gasteiger partial charge in [-0.25, -0.2) is 8.42 Å². The fraction of sp³-hybridized carbons (Fsp3) is 0.480. The molecule has 0 atom stereocenters. The fourth-order valence-corrected chi connectivity index (χ4v) is 5.90. The largest absolute Gasteiger partial charge is 0.378 e. The first-order chi connectivity index (χ1) is 15.9. The van der Waals surface area contributed by atoms with Gasteiger partial charge in [0.2, 0.25) is 10.0 Å². The number of anilines is 1. The highest BCUT2D eigenvalue weighted by molar-refractivity contribution is 7.89. The molecule has 2 aliphatic heterocycles. The maximum atomic E-state index is 13.2. The van der Waals surface area contributed by atoms with E-state index in [1.54, 1.807) is 16.4 Å². The van der Waals surface area contributed by atoms with Crippen molar-refractivity contribution in [3.63, 3.8) is 0 Å². The van der Waals surface area contributed by atoms with Gasteiger partial charge in [-0.3, -0.25) is 4.79 Å². The van der Waals surface area contributed by atoms with Crippen LogP contribution < -0.4 is 10.2 Å². The van der Waals surface area contributed by atoms with Gasteiger partial charge < -0.3 is 15.0 Å². The summed E-state index contributed by atoms with van der Waals surface area (Å²) in [7, 11) is -3.60. The van der Waals surface area contributed by atoms with Gasteiger partial charge in [0.05, 0.1) is 18.1 Å². The van der Waals surface area contributed by atoms with E-state index in [0.29, 0.717) is 25.2 Å². The second kappa shape index (κ2) is 10.7. The number of benzene rings is 2. The lowest BCUT2D eigenvalue weighted by molar-refractivity contribution is 0.0950. The smallest absolute Gasteiger partial charge is 0.251 e. The van der Waals surface area contributed by atoms with Crippen LogP contribution in [-0.2, 0) is 21.3 Å². The third kappa shape index (κ3) is 5.75. The Hall–Kier alpha value is -2.42. The van der Waals surface area contributed by atoms with Crippen LogP contribution in [-0.4, -0.2) is 58.0 Å². The minimum atomic E-state index is -3.60. The van der Waals surface area contributed by atoms with Crippen molar-refractivity contribution in [2.45, 2.75) is 44.0 Å². The molecule has 0 aliphatic carbocycles. The number of nitrogens with zero attached hydrogens (tertiary/aromatic N) is 2. The van der Waals surface area contributed by atoms with Crippen LogP contribution in [0.3, 0.4) is 0 Å². The topological polar surface area (TPSA) is 79.0 Å². The summed E-state index contributed by atoms with van der Waals surface area (Å²) in [6.45, 7) is 6.53. The van der Waals surface area contributed by atoms with Crippen molar-refractivity contribution in [1.29, 1.82) is 0 Å². The summed E-state index contributed by atoms with van der Waals surface area (Å²) in [5.41, 5.74) is 3.29. The van der Waals surface area contributed by atoms with Gasteiger partial charge in [-0.2, -0.15) is 4.31 Å². The molecule has 1 N–H and O–H groups in total. The summed E-state index contributed by atoms with van der Waals surface area (Å²) >= 11 is 0. The van der Waals surface area contributed by atoms with Gasteiger partial charge in [-0.1, -0.05) is 31.0 Å². The average molecular weight is 472 g/mol. The molecule has 0 aromatic heterocycles. The molecule has 1 amide bonds. The Balaban J connectivity index is 1.42. The van der Waals surface area contributed by atoms with E-state index in [2.05, 4.69) is 22.3 Å². The Morgan fingerprint density at radius 1 is 0.939 bits per heavy atom. The number of sulfonamides is 1. The van der Waals surface area contributed by atoms with Crippen molar-refractivity contribution < 1.29 is 17.9 Å². The Morgan fingerprint density at radius 3 is 2.27 bits per heavy atom. The van der Waals surface area contributed by atoms with Crippen molar-refractivity contribution in [2.24, 2.45) is 0 Å². The van der Waals surface area contributed by atoms with E-state index in [1.807, 2.05) is 19.1 Å². The van der Waals surface area contributed by atoms with Crippen molar-refractivity contribution in [3.8, 4) is 0 Å².